The molecule has 3 heterocycles. The van der Waals surface area contributed by atoms with E-state index >= 15 is 0 Å². The summed E-state index contributed by atoms with van der Waals surface area (Å²) in [6.07, 6.45) is 3.60. The van der Waals surface area contributed by atoms with Crippen LogP contribution in [0.3, 0.4) is 0 Å². The van der Waals surface area contributed by atoms with Gasteiger partial charge in [0.15, 0.2) is 5.82 Å². The molecule has 1 saturated heterocycles. The SMILES string of the molecule is CC1SCCN(c2nc(-c3cccnc3)nc3ccccc23)C1C. The molecule has 122 valence electrons. The second-order valence-electron chi connectivity index (χ2n) is 6.14. The lowest BCUT2D eigenvalue weighted by atomic mass is 10.1. The van der Waals surface area contributed by atoms with Crippen molar-refractivity contribution in [1.82, 2.24) is 15.0 Å². The Hall–Kier alpha value is -2.14. The van der Waals surface area contributed by atoms with Crippen LogP contribution in [0.15, 0.2) is 48.8 Å². The number of pyridine rings is 1. The van der Waals surface area contributed by atoms with Crippen molar-refractivity contribution < 1.29 is 0 Å². The average Bonchev–Trinajstić information content (AvgIpc) is 2.64. The molecule has 0 radical (unpaired) electrons. The maximum Gasteiger partial charge on any atom is 0.163 e. The van der Waals surface area contributed by atoms with Gasteiger partial charge in [0.25, 0.3) is 0 Å². The molecule has 3 aromatic rings. The minimum Gasteiger partial charge on any atom is -0.351 e. The molecule has 0 bridgehead atoms. The van der Waals surface area contributed by atoms with Gasteiger partial charge < -0.3 is 4.90 Å². The predicted molar refractivity (Wildman–Crippen MR) is 101 cm³/mol. The number of thioether (sulfide) groups is 1. The second kappa shape index (κ2) is 6.40. The molecule has 1 aromatic carbocycles. The molecule has 24 heavy (non-hydrogen) atoms. The molecule has 2 atom stereocenters. The molecule has 1 aliphatic heterocycles. The smallest absolute Gasteiger partial charge is 0.163 e. The number of benzene rings is 1. The third-order valence-electron chi connectivity index (χ3n) is 4.66. The number of para-hydroxylation sites is 1. The summed E-state index contributed by atoms with van der Waals surface area (Å²) in [6, 6.07) is 12.7. The molecule has 0 amide bonds. The first-order valence-electron chi connectivity index (χ1n) is 8.29. The Bertz CT molecular complexity index is 852. The highest BCUT2D eigenvalue weighted by Crippen LogP contribution is 2.33. The summed E-state index contributed by atoms with van der Waals surface area (Å²) < 4.78 is 0. The van der Waals surface area contributed by atoms with Crippen LogP contribution in [0.25, 0.3) is 22.3 Å². The van der Waals surface area contributed by atoms with Gasteiger partial charge in [0, 0.05) is 46.9 Å². The number of hydrogen-bond acceptors (Lipinski definition) is 5. The third-order valence-corrected chi connectivity index (χ3v) is 6.00. The van der Waals surface area contributed by atoms with Gasteiger partial charge in [-0.25, -0.2) is 9.97 Å². The molecule has 1 fully saturated rings. The van der Waals surface area contributed by atoms with Crippen molar-refractivity contribution in [1.29, 1.82) is 0 Å². The molecule has 0 N–H and O–H groups in total. The van der Waals surface area contributed by atoms with Gasteiger partial charge in [-0.1, -0.05) is 19.1 Å². The first kappa shape index (κ1) is 15.4. The van der Waals surface area contributed by atoms with Crippen molar-refractivity contribution in [2.45, 2.75) is 25.1 Å². The molecule has 1 aliphatic rings. The van der Waals surface area contributed by atoms with Crippen LogP contribution in [0.2, 0.25) is 0 Å². The largest absolute Gasteiger partial charge is 0.351 e. The van der Waals surface area contributed by atoms with E-state index in [1.165, 1.54) is 0 Å². The Morgan fingerprint density at radius 3 is 2.79 bits per heavy atom. The van der Waals surface area contributed by atoms with Crippen LogP contribution < -0.4 is 4.90 Å². The van der Waals surface area contributed by atoms with Crippen molar-refractivity contribution >= 4 is 28.5 Å². The van der Waals surface area contributed by atoms with Crippen molar-refractivity contribution in [2.24, 2.45) is 0 Å². The summed E-state index contributed by atoms with van der Waals surface area (Å²) >= 11 is 2.04. The lowest BCUT2D eigenvalue weighted by Crippen LogP contribution is -2.45. The van der Waals surface area contributed by atoms with Crippen molar-refractivity contribution in [3.63, 3.8) is 0 Å². The molecule has 2 aromatic heterocycles. The molecule has 5 heteroatoms. The van der Waals surface area contributed by atoms with E-state index in [-0.39, 0.29) is 0 Å². The molecule has 4 rings (SSSR count). The van der Waals surface area contributed by atoms with E-state index in [1.807, 2.05) is 36.2 Å². The lowest BCUT2D eigenvalue weighted by Gasteiger charge is -2.38. The Balaban J connectivity index is 1.90. The molecule has 0 aliphatic carbocycles. The Morgan fingerprint density at radius 2 is 1.96 bits per heavy atom. The van der Waals surface area contributed by atoms with Crippen LogP contribution in [0.4, 0.5) is 5.82 Å². The summed E-state index contributed by atoms with van der Waals surface area (Å²) in [5.41, 5.74) is 1.94. The fraction of sp³-hybridized carbons (Fsp3) is 0.316. The average molecular weight is 336 g/mol. The molecule has 4 nitrogen and oxygen atoms in total. The number of rotatable bonds is 2. The van der Waals surface area contributed by atoms with E-state index in [0.717, 1.165) is 40.4 Å². The minimum atomic E-state index is 0.448. The van der Waals surface area contributed by atoms with Gasteiger partial charge in [0.2, 0.25) is 0 Å². The van der Waals surface area contributed by atoms with Gasteiger partial charge in [0.1, 0.15) is 5.82 Å². The van der Waals surface area contributed by atoms with E-state index in [2.05, 4.69) is 41.9 Å². The zero-order valence-electron chi connectivity index (χ0n) is 13.9. The number of aromatic nitrogens is 3. The molecular weight excluding hydrogens is 316 g/mol. The van der Waals surface area contributed by atoms with E-state index in [9.17, 15) is 0 Å². The normalized spacial score (nSPS) is 21.2. The van der Waals surface area contributed by atoms with E-state index in [4.69, 9.17) is 9.97 Å². The van der Waals surface area contributed by atoms with Gasteiger partial charge in [0.05, 0.1) is 5.52 Å². The van der Waals surface area contributed by atoms with Crippen LogP contribution >= 0.6 is 11.8 Å². The summed E-state index contributed by atoms with van der Waals surface area (Å²) in [6.45, 7) is 5.61. The molecule has 2 unspecified atom stereocenters. The van der Waals surface area contributed by atoms with Gasteiger partial charge in [-0.2, -0.15) is 11.8 Å². The zero-order chi connectivity index (χ0) is 16.5. The van der Waals surface area contributed by atoms with Crippen LogP contribution in [0, 0.1) is 0 Å². The maximum atomic E-state index is 4.95. The van der Waals surface area contributed by atoms with E-state index < -0.39 is 0 Å². The zero-order valence-corrected chi connectivity index (χ0v) is 14.7. The Labute approximate surface area is 146 Å². The first-order chi connectivity index (χ1) is 11.7. The molecule has 0 spiro atoms. The topological polar surface area (TPSA) is 41.9 Å². The number of nitrogens with zero attached hydrogens (tertiary/aromatic N) is 4. The van der Waals surface area contributed by atoms with Crippen LogP contribution in [0.1, 0.15) is 13.8 Å². The fourth-order valence-corrected chi connectivity index (χ4v) is 4.23. The standard InChI is InChI=1S/C19H20N4S/c1-13-14(2)24-11-10-23(13)19-16-7-3-4-8-17(16)21-18(22-19)15-6-5-9-20-12-15/h3-9,12-14H,10-11H2,1-2H3. The van der Waals surface area contributed by atoms with Gasteiger partial charge >= 0.3 is 0 Å². The van der Waals surface area contributed by atoms with Crippen molar-refractivity contribution in [2.75, 3.05) is 17.2 Å². The summed E-state index contributed by atoms with van der Waals surface area (Å²) in [7, 11) is 0. The van der Waals surface area contributed by atoms with Crippen LogP contribution in [0.5, 0.6) is 0 Å². The predicted octanol–water partition coefficient (Wildman–Crippen LogP) is 4.02. The van der Waals surface area contributed by atoms with Gasteiger partial charge in [-0.3, -0.25) is 4.98 Å². The monoisotopic (exact) mass is 336 g/mol. The summed E-state index contributed by atoms with van der Waals surface area (Å²) in [5, 5.41) is 1.71. The van der Waals surface area contributed by atoms with E-state index in [0.29, 0.717) is 11.3 Å². The number of fused-ring (bicyclic) bond motifs is 1. The fourth-order valence-electron chi connectivity index (χ4n) is 3.13. The Morgan fingerprint density at radius 1 is 1.08 bits per heavy atom. The molecule has 0 saturated carbocycles. The highest BCUT2D eigenvalue weighted by Gasteiger charge is 2.28. The number of hydrogen-bond donors (Lipinski definition) is 0. The van der Waals surface area contributed by atoms with Crippen molar-refractivity contribution in [3.8, 4) is 11.4 Å². The first-order valence-corrected chi connectivity index (χ1v) is 9.34. The minimum absolute atomic E-state index is 0.448. The maximum absolute atomic E-state index is 4.95. The third kappa shape index (κ3) is 2.73. The van der Waals surface area contributed by atoms with Crippen LogP contribution in [-0.2, 0) is 0 Å². The quantitative estimate of drug-likeness (QED) is 0.707. The summed E-state index contributed by atoms with van der Waals surface area (Å²) in [5.74, 6) is 2.92. The van der Waals surface area contributed by atoms with Gasteiger partial charge in [-0.15, -0.1) is 0 Å². The van der Waals surface area contributed by atoms with E-state index in [1.54, 1.807) is 6.20 Å². The molecular formula is C19H20N4S. The van der Waals surface area contributed by atoms with Gasteiger partial charge in [-0.05, 0) is 31.2 Å². The lowest BCUT2D eigenvalue weighted by molar-refractivity contribution is 0.622. The Kier molecular flexibility index (Phi) is 4.10. The summed E-state index contributed by atoms with van der Waals surface area (Å²) in [4.78, 5) is 16.4. The second-order valence-corrected chi connectivity index (χ2v) is 7.62. The highest BCUT2D eigenvalue weighted by molar-refractivity contribution is 8.00. The van der Waals surface area contributed by atoms with Crippen molar-refractivity contribution in [3.05, 3.63) is 48.8 Å². The van der Waals surface area contributed by atoms with Crippen LogP contribution in [-0.4, -0.2) is 38.5 Å². The number of anilines is 1. The highest BCUT2D eigenvalue weighted by atomic mass is 32.2.